The smallest absolute Gasteiger partial charge is 0.0159 e. The van der Waals surface area contributed by atoms with Gasteiger partial charge in [0.1, 0.15) is 0 Å². The maximum absolute atomic E-state index is 2.47. The molecule has 30 heavy (non-hydrogen) atoms. The Bertz CT molecular complexity index is 605. The third kappa shape index (κ3) is 5.92. The average molecular weight is 409 g/mol. The fourth-order valence-electron chi connectivity index (χ4n) is 7.29. The van der Waals surface area contributed by atoms with Gasteiger partial charge in [0.25, 0.3) is 0 Å². The molecule has 3 aliphatic carbocycles. The van der Waals surface area contributed by atoms with Crippen LogP contribution in [-0.4, -0.2) is 0 Å². The molecule has 4 atom stereocenters. The molecule has 0 nitrogen and oxygen atoms in total. The standard InChI is InChI=1S/C30H48/c1-3-5-6-24-13-16-27(17-14-24)29-20-19-28-21-26(15-18-30(28)22-29)12-11-25-9-7-23(4-2)8-10-25/h13-14,16-17,23,25-26,28-30H,3-12,15,18-22H2,1-2H3. The van der Waals surface area contributed by atoms with Crippen molar-refractivity contribution >= 4 is 0 Å². The van der Waals surface area contributed by atoms with Crippen molar-refractivity contribution < 1.29 is 0 Å². The predicted octanol–water partition coefficient (Wildman–Crippen LogP) is 9.33. The minimum atomic E-state index is 0.844. The molecule has 0 saturated heterocycles. The lowest BCUT2D eigenvalue weighted by Crippen LogP contribution is -2.30. The van der Waals surface area contributed by atoms with Crippen LogP contribution in [0.25, 0.3) is 0 Å². The van der Waals surface area contributed by atoms with Gasteiger partial charge in [-0.05, 0) is 91.6 Å². The van der Waals surface area contributed by atoms with E-state index in [0.29, 0.717) is 0 Å². The van der Waals surface area contributed by atoms with Crippen LogP contribution in [0.3, 0.4) is 0 Å². The van der Waals surface area contributed by atoms with Gasteiger partial charge in [0.15, 0.2) is 0 Å². The van der Waals surface area contributed by atoms with Gasteiger partial charge in [0.2, 0.25) is 0 Å². The van der Waals surface area contributed by atoms with Crippen LogP contribution in [0.15, 0.2) is 24.3 Å². The van der Waals surface area contributed by atoms with E-state index in [1.807, 2.05) is 0 Å². The van der Waals surface area contributed by atoms with Gasteiger partial charge >= 0.3 is 0 Å². The molecule has 4 rings (SSSR count). The molecule has 0 aliphatic heterocycles. The molecule has 0 radical (unpaired) electrons. The van der Waals surface area contributed by atoms with Crippen LogP contribution < -0.4 is 0 Å². The number of aryl methyl sites for hydroxylation is 1. The van der Waals surface area contributed by atoms with Crippen molar-refractivity contribution in [2.75, 3.05) is 0 Å². The van der Waals surface area contributed by atoms with Gasteiger partial charge < -0.3 is 0 Å². The van der Waals surface area contributed by atoms with Crippen LogP contribution in [0, 0.1) is 29.6 Å². The maximum Gasteiger partial charge on any atom is -0.0159 e. The summed E-state index contributed by atoms with van der Waals surface area (Å²) in [4.78, 5) is 0. The molecule has 0 spiro atoms. The molecule has 3 saturated carbocycles. The number of benzene rings is 1. The minimum Gasteiger partial charge on any atom is -0.0654 e. The number of fused-ring (bicyclic) bond motifs is 1. The van der Waals surface area contributed by atoms with Gasteiger partial charge in [-0.15, -0.1) is 0 Å². The van der Waals surface area contributed by atoms with Crippen LogP contribution >= 0.6 is 0 Å². The molecule has 0 N–H and O–H groups in total. The molecular formula is C30H48. The summed E-state index contributed by atoms with van der Waals surface area (Å²) in [6, 6.07) is 9.77. The highest BCUT2D eigenvalue weighted by Gasteiger charge is 2.36. The predicted molar refractivity (Wildman–Crippen MR) is 131 cm³/mol. The van der Waals surface area contributed by atoms with Crippen LogP contribution in [0.1, 0.15) is 127 Å². The van der Waals surface area contributed by atoms with Crippen molar-refractivity contribution in [3.8, 4) is 0 Å². The molecule has 0 heteroatoms. The highest BCUT2D eigenvalue weighted by atomic mass is 14.4. The van der Waals surface area contributed by atoms with Crippen molar-refractivity contribution in [3.63, 3.8) is 0 Å². The summed E-state index contributed by atoms with van der Waals surface area (Å²) < 4.78 is 0. The Balaban J connectivity index is 1.20. The molecule has 1 aromatic carbocycles. The van der Waals surface area contributed by atoms with Gasteiger partial charge in [0.05, 0.1) is 0 Å². The quantitative estimate of drug-likeness (QED) is 0.402. The second kappa shape index (κ2) is 11.2. The molecule has 168 valence electrons. The molecule has 0 amide bonds. The van der Waals surface area contributed by atoms with Gasteiger partial charge in [0, 0.05) is 0 Å². The first-order valence-electron chi connectivity index (χ1n) is 13.8. The first-order valence-corrected chi connectivity index (χ1v) is 13.8. The Morgan fingerprint density at radius 3 is 2.03 bits per heavy atom. The zero-order chi connectivity index (χ0) is 20.8. The van der Waals surface area contributed by atoms with Crippen molar-refractivity contribution in [1.82, 2.24) is 0 Å². The summed E-state index contributed by atoms with van der Waals surface area (Å²) in [7, 11) is 0. The first kappa shape index (κ1) is 22.4. The van der Waals surface area contributed by atoms with Crippen LogP contribution in [-0.2, 0) is 6.42 Å². The largest absolute Gasteiger partial charge is 0.0654 e. The highest BCUT2D eigenvalue weighted by molar-refractivity contribution is 5.26. The third-order valence-electron chi connectivity index (χ3n) is 9.52. The number of unbranched alkanes of at least 4 members (excludes halogenated alkanes) is 1. The molecule has 4 unspecified atom stereocenters. The molecular weight excluding hydrogens is 360 g/mol. The van der Waals surface area contributed by atoms with Crippen molar-refractivity contribution in [3.05, 3.63) is 35.4 Å². The Labute approximate surface area is 187 Å². The van der Waals surface area contributed by atoms with Crippen molar-refractivity contribution in [2.24, 2.45) is 29.6 Å². The molecule has 3 aliphatic rings. The van der Waals surface area contributed by atoms with E-state index in [4.69, 9.17) is 0 Å². The normalized spacial score (nSPS) is 34.5. The summed E-state index contributed by atoms with van der Waals surface area (Å²) in [5.74, 6) is 6.11. The van der Waals surface area contributed by atoms with Gasteiger partial charge in [-0.1, -0.05) is 95.9 Å². The summed E-state index contributed by atoms with van der Waals surface area (Å²) in [5, 5.41) is 0. The SMILES string of the molecule is CCCCc1ccc(C2CCC3CC(CCC4CCC(CC)CC4)CCC3C2)cc1. The summed E-state index contributed by atoms with van der Waals surface area (Å²) in [5.41, 5.74) is 3.18. The molecule has 0 heterocycles. The topological polar surface area (TPSA) is 0 Å². The Morgan fingerprint density at radius 2 is 1.30 bits per heavy atom. The average Bonchev–Trinajstić information content (AvgIpc) is 2.81. The third-order valence-corrected chi connectivity index (χ3v) is 9.52. The monoisotopic (exact) mass is 408 g/mol. The van der Waals surface area contributed by atoms with Crippen LogP contribution in [0.2, 0.25) is 0 Å². The van der Waals surface area contributed by atoms with E-state index in [1.165, 1.54) is 89.0 Å². The number of hydrogen-bond acceptors (Lipinski definition) is 0. The molecule has 0 aromatic heterocycles. The molecule has 0 bridgehead atoms. The summed E-state index contributed by atoms with van der Waals surface area (Å²) in [6.45, 7) is 4.68. The minimum absolute atomic E-state index is 0.844. The Kier molecular flexibility index (Phi) is 8.36. The molecule has 1 aromatic rings. The maximum atomic E-state index is 2.47. The van der Waals surface area contributed by atoms with E-state index in [9.17, 15) is 0 Å². The zero-order valence-corrected chi connectivity index (χ0v) is 20.1. The van der Waals surface area contributed by atoms with E-state index >= 15 is 0 Å². The number of rotatable bonds is 8. The second-order valence-electron chi connectivity index (χ2n) is 11.4. The van der Waals surface area contributed by atoms with Crippen LogP contribution in [0.4, 0.5) is 0 Å². The zero-order valence-electron chi connectivity index (χ0n) is 20.1. The van der Waals surface area contributed by atoms with Gasteiger partial charge in [-0.2, -0.15) is 0 Å². The highest BCUT2D eigenvalue weighted by Crippen LogP contribution is 2.48. The second-order valence-corrected chi connectivity index (χ2v) is 11.4. The lowest BCUT2D eigenvalue weighted by molar-refractivity contribution is 0.109. The first-order chi connectivity index (χ1) is 14.7. The van der Waals surface area contributed by atoms with Gasteiger partial charge in [-0.3, -0.25) is 0 Å². The summed E-state index contributed by atoms with van der Waals surface area (Å²) >= 11 is 0. The summed E-state index contributed by atoms with van der Waals surface area (Å²) in [6.07, 6.45) is 23.6. The fraction of sp³-hybridized carbons (Fsp3) is 0.800. The lowest BCUT2D eigenvalue weighted by atomic mass is 9.63. The van der Waals surface area contributed by atoms with Crippen molar-refractivity contribution in [1.29, 1.82) is 0 Å². The van der Waals surface area contributed by atoms with Crippen molar-refractivity contribution in [2.45, 2.75) is 122 Å². The van der Waals surface area contributed by atoms with Gasteiger partial charge in [-0.25, -0.2) is 0 Å². The Hall–Kier alpha value is -0.780. The van der Waals surface area contributed by atoms with E-state index in [2.05, 4.69) is 38.1 Å². The fourth-order valence-corrected chi connectivity index (χ4v) is 7.29. The van der Waals surface area contributed by atoms with E-state index in [-0.39, 0.29) is 0 Å². The Morgan fingerprint density at radius 1 is 0.667 bits per heavy atom. The van der Waals surface area contributed by atoms with Crippen LogP contribution in [0.5, 0.6) is 0 Å². The lowest BCUT2D eigenvalue weighted by Gasteiger charge is -2.43. The number of hydrogen-bond donors (Lipinski definition) is 0. The van der Waals surface area contributed by atoms with E-state index in [1.54, 1.807) is 24.8 Å². The molecule has 3 fully saturated rings. The van der Waals surface area contributed by atoms with E-state index in [0.717, 1.165) is 35.5 Å². The van der Waals surface area contributed by atoms with E-state index < -0.39 is 0 Å².